The number of aromatic nitrogens is 2. The standard InChI is InChI=1S/C12H20N4O2/c1-3-4-5-14-12(17)10-8-16-11(9-15-10)13-6-7-18-2/h8-9H,3-7H2,1-2H3,(H,13,16)(H,14,17). The van der Waals surface area contributed by atoms with Gasteiger partial charge in [0.15, 0.2) is 0 Å². The Morgan fingerprint density at radius 1 is 1.33 bits per heavy atom. The van der Waals surface area contributed by atoms with Crippen LogP contribution in [0.15, 0.2) is 12.4 Å². The van der Waals surface area contributed by atoms with E-state index >= 15 is 0 Å². The van der Waals surface area contributed by atoms with Crippen LogP contribution in [0.5, 0.6) is 0 Å². The van der Waals surface area contributed by atoms with E-state index in [4.69, 9.17) is 4.74 Å². The second-order valence-electron chi connectivity index (χ2n) is 3.82. The van der Waals surface area contributed by atoms with Gasteiger partial charge in [-0.15, -0.1) is 0 Å². The second kappa shape index (κ2) is 8.41. The minimum Gasteiger partial charge on any atom is -0.383 e. The van der Waals surface area contributed by atoms with Gasteiger partial charge in [0, 0.05) is 20.2 Å². The average molecular weight is 252 g/mol. The highest BCUT2D eigenvalue weighted by atomic mass is 16.5. The number of rotatable bonds is 8. The maximum absolute atomic E-state index is 11.6. The zero-order chi connectivity index (χ0) is 13.2. The molecule has 0 aromatic carbocycles. The first-order chi connectivity index (χ1) is 8.77. The molecule has 1 heterocycles. The summed E-state index contributed by atoms with van der Waals surface area (Å²) in [6.07, 6.45) is 5.03. The Hall–Kier alpha value is -1.69. The van der Waals surface area contributed by atoms with Crippen LogP contribution >= 0.6 is 0 Å². The van der Waals surface area contributed by atoms with Crippen LogP contribution in [0.3, 0.4) is 0 Å². The maximum Gasteiger partial charge on any atom is 0.271 e. The van der Waals surface area contributed by atoms with Crippen molar-refractivity contribution in [1.29, 1.82) is 0 Å². The van der Waals surface area contributed by atoms with E-state index in [2.05, 4.69) is 27.5 Å². The van der Waals surface area contributed by atoms with E-state index in [1.807, 2.05) is 0 Å². The molecule has 0 radical (unpaired) electrons. The van der Waals surface area contributed by atoms with Gasteiger partial charge < -0.3 is 15.4 Å². The van der Waals surface area contributed by atoms with Gasteiger partial charge in [-0.25, -0.2) is 9.97 Å². The van der Waals surface area contributed by atoms with Crippen LogP contribution in [0.25, 0.3) is 0 Å². The van der Waals surface area contributed by atoms with Crippen molar-refractivity contribution in [3.8, 4) is 0 Å². The maximum atomic E-state index is 11.6. The van der Waals surface area contributed by atoms with Gasteiger partial charge in [0.2, 0.25) is 0 Å². The summed E-state index contributed by atoms with van der Waals surface area (Å²) in [5.74, 6) is 0.455. The lowest BCUT2D eigenvalue weighted by Gasteiger charge is -2.06. The first kappa shape index (κ1) is 14.4. The quantitative estimate of drug-likeness (QED) is 0.677. The fourth-order valence-electron chi connectivity index (χ4n) is 1.29. The Bertz CT molecular complexity index is 354. The first-order valence-corrected chi connectivity index (χ1v) is 6.11. The van der Waals surface area contributed by atoms with Crippen molar-refractivity contribution in [2.45, 2.75) is 19.8 Å². The summed E-state index contributed by atoms with van der Waals surface area (Å²) in [6, 6.07) is 0. The highest BCUT2D eigenvalue weighted by Crippen LogP contribution is 2.00. The molecule has 18 heavy (non-hydrogen) atoms. The summed E-state index contributed by atoms with van der Waals surface area (Å²) < 4.78 is 4.91. The van der Waals surface area contributed by atoms with Crippen LogP contribution < -0.4 is 10.6 Å². The van der Waals surface area contributed by atoms with Crippen LogP contribution in [0, 0.1) is 0 Å². The Labute approximate surface area is 107 Å². The molecule has 0 bridgehead atoms. The molecule has 0 saturated carbocycles. The molecule has 0 atom stereocenters. The van der Waals surface area contributed by atoms with Crippen molar-refractivity contribution in [1.82, 2.24) is 15.3 Å². The number of nitrogens with one attached hydrogen (secondary N) is 2. The van der Waals surface area contributed by atoms with Gasteiger partial charge in [0.25, 0.3) is 5.91 Å². The second-order valence-corrected chi connectivity index (χ2v) is 3.82. The van der Waals surface area contributed by atoms with E-state index in [1.165, 1.54) is 6.20 Å². The first-order valence-electron chi connectivity index (χ1n) is 6.11. The van der Waals surface area contributed by atoms with E-state index in [-0.39, 0.29) is 5.91 Å². The van der Waals surface area contributed by atoms with Gasteiger partial charge in [0.05, 0.1) is 19.0 Å². The molecule has 6 nitrogen and oxygen atoms in total. The monoisotopic (exact) mass is 252 g/mol. The van der Waals surface area contributed by atoms with E-state index < -0.39 is 0 Å². The van der Waals surface area contributed by atoms with Crippen molar-refractivity contribution in [2.24, 2.45) is 0 Å². The van der Waals surface area contributed by atoms with Crippen LogP contribution in [-0.2, 0) is 4.74 Å². The summed E-state index contributed by atoms with van der Waals surface area (Å²) in [6.45, 7) is 4.01. The molecule has 1 amide bonds. The molecule has 1 rings (SSSR count). The number of amides is 1. The normalized spacial score (nSPS) is 10.1. The van der Waals surface area contributed by atoms with Crippen molar-refractivity contribution < 1.29 is 9.53 Å². The average Bonchev–Trinajstić information content (AvgIpc) is 2.40. The third-order valence-corrected chi connectivity index (χ3v) is 2.31. The number of carbonyl (C=O) groups excluding carboxylic acids is 1. The number of hydrogen-bond donors (Lipinski definition) is 2. The number of hydrogen-bond acceptors (Lipinski definition) is 5. The number of ether oxygens (including phenoxy) is 1. The summed E-state index contributed by atoms with van der Waals surface area (Å²) in [4.78, 5) is 19.8. The molecule has 0 saturated heterocycles. The van der Waals surface area contributed by atoms with Crippen molar-refractivity contribution in [3.63, 3.8) is 0 Å². The summed E-state index contributed by atoms with van der Waals surface area (Å²) in [7, 11) is 1.64. The molecular weight excluding hydrogens is 232 g/mol. The predicted molar refractivity (Wildman–Crippen MR) is 69.6 cm³/mol. The Balaban J connectivity index is 2.41. The lowest BCUT2D eigenvalue weighted by Crippen LogP contribution is -2.25. The minimum absolute atomic E-state index is 0.181. The molecule has 6 heteroatoms. The molecule has 1 aromatic rings. The SMILES string of the molecule is CCCCNC(=O)c1cnc(NCCOC)cn1. The molecule has 0 spiro atoms. The van der Waals surface area contributed by atoms with Crippen LogP contribution in [0.1, 0.15) is 30.3 Å². The number of nitrogens with zero attached hydrogens (tertiary/aromatic N) is 2. The van der Waals surface area contributed by atoms with Gasteiger partial charge in [-0.1, -0.05) is 13.3 Å². The fraction of sp³-hybridized carbons (Fsp3) is 0.583. The predicted octanol–water partition coefficient (Wildman–Crippen LogP) is 1.06. The lowest BCUT2D eigenvalue weighted by atomic mass is 10.3. The van der Waals surface area contributed by atoms with Crippen LogP contribution in [-0.4, -0.2) is 42.7 Å². The number of anilines is 1. The van der Waals surface area contributed by atoms with Crippen LogP contribution in [0.4, 0.5) is 5.82 Å². The van der Waals surface area contributed by atoms with Gasteiger partial charge in [-0.05, 0) is 6.42 Å². The molecular formula is C12H20N4O2. The summed E-state index contributed by atoms with van der Waals surface area (Å²) >= 11 is 0. The number of carbonyl (C=O) groups is 1. The molecule has 2 N–H and O–H groups in total. The van der Waals surface area contributed by atoms with Crippen LogP contribution in [0.2, 0.25) is 0 Å². The minimum atomic E-state index is -0.181. The van der Waals surface area contributed by atoms with E-state index in [0.29, 0.717) is 31.2 Å². The highest BCUT2D eigenvalue weighted by molar-refractivity contribution is 5.91. The third-order valence-electron chi connectivity index (χ3n) is 2.31. The fourth-order valence-corrected chi connectivity index (χ4v) is 1.29. The molecule has 100 valence electrons. The van der Waals surface area contributed by atoms with E-state index in [9.17, 15) is 4.79 Å². The van der Waals surface area contributed by atoms with Crippen molar-refractivity contribution in [2.75, 3.05) is 32.1 Å². The molecule has 0 aliphatic rings. The Morgan fingerprint density at radius 2 is 2.17 bits per heavy atom. The molecule has 1 aromatic heterocycles. The summed E-state index contributed by atoms with van der Waals surface area (Å²) in [5, 5.41) is 5.82. The van der Waals surface area contributed by atoms with Gasteiger partial charge in [0.1, 0.15) is 11.5 Å². The highest BCUT2D eigenvalue weighted by Gasteiger charge is 2.06. The van der Waals surface area contributed by atoms with Crippen molar-refractivity contribution in [3.05, 3.63) is 18.1 Å². The molecule has 0 aliphatic heterocycles. The van der Waals surface area contributed by atoms with Crippen molar-refractivity contribution >= 4 is 11.7 Å². The number of methoxy groups -OCH3 is 1. The lowest BCUT2D eigenvalue weighted by molar-refractivity contribution is 0.0948. The topological polar surface area (TPSA) is 76.1 Å². The molecule has 0 aliphatic carbocycles. The zero-order valence-corrected chi connectivity index (χ0v) is 10.9. The molecule has 0 unspecified atom stereocenters. The van der Waals surface area contributed by atoms with Gasteiger partial charge in [-0.2, -0.15) is 0 Å². The van der Waals surface area contributed by atoms with E-state index in [1.54, 1.807) is 13.3 Å². The van der Waals surface area contributed by atoms with E-state index in [0.717, 1.165) is 12.8 Å². The van der Waals surface area contributed by atoms with Gasteiger partial charge >= 0.3 is 0 Å². The smallest absolute Gasteiger partial charge is 0.271 e. The third kappa shape index (κ3) is 5.09. The summed E-state index contributed by atoms with van der Waals surface area (Å²) in [5.41, 5.74) is 0.336. The van der Waals surface area contributed by atoms with Gasteiger partial charge in [-0.3, -0.25) is 4.79 Å². The Morgan fingerprint density at radius 3 is 2.78 bits per heavy atom. The number of unbranched alkanes of at least 4 members (excludes halogenated alkanes) is 1. The Kier molecular flexibility index (Phi) is 6.71. The largest absolute Gasteiger partial charge is 0.383 e. The zero-order valence-electron chi connectivity index (χ0n) is 10.9. The molecule has 0 fully saturated rings.